The van der Waals surface area contributed by atoms with Gasteiger partial charge in [0.15, 0.2) is 0 Å². The van der Waals surface area contributed by atoms with E-state index in [0.717, 1.165) is 0 Å². The molecule has 0 fully saturated rings. The van der Waals surface area contributed by atoms with E-state index in [-0.39, 0.29) is 0 Å². The van der Waals surface area contributed by atoms with Crippen LogP contribution in [0.2, 0.25) is 0 Å². The van der Waals surface area contributed by atoms with Crippen LogP contribution in [0.5, 0.6) is 0 Å². The summed E-state index contributed by atoms with van der Waals surface area (Å²) in [6, 6.07) is 0. The highest BCUT2D eigenvalue weighted by molar-refractivity contribution is 4.61. The van der Waals surface area contributed by atoms with Crippen LogP contribution < -0.4 is 0 Å². The van der Waals surface area contributed by atoms with Gasteiger partial charge in [0.25, 0.3) is 0 Å². The minimum Gasteiger partial charge on any atom is -0.0651 e. The molecule has 0 nitrogen and oxygen atoms in total. The van der Waals surface area contributed by atoms with Gasteiger partial charge in [-0.2, -0.15) is 0 Å². The Kier molecular flexibility index (Phi) is 11.0. The molecule has 2 radical (unpaired) electrons. The Balaban J connectivity index is 2.73. The van der Waals surface area contributed by atoms with Gasteiger partial charge in [-0.25, -0.2) is 0 Å². The van der Waals surface area contributed by atoms with Crippen LogP contribution >= 0.6 is 0 Å². The lowest BCUT2D eigenvalue weighted by molar-refractivity contribution is 0.606. The number of hydrogen-bond acceptors (Lipinski definition) is 0. The summed E-state index contributed by atoms with van der Waals surface area (Å²) in [6.45, 7) is 4.37. The van der Waals surface area contributed by atoms with Crippen LogP contribution in [-0.4, -0.2) is 0 Å². The quantitative estimate of drug-likeness (QED) is 0.443. The summed E-state index contributed by atoms with van der Waals surface area (Å²) < 4.78 is 0. The molecule has 0 saturated heterocycles. The smallest absolute Gasteiger partial charge is 0.0389 e. The van der Waals surface area contributed by atoms with Gasteiger partial charge >= 0.3 is 0 Å². The molecule has 0 aromatic rings. The number of rotatable bonds is 9. The minimum atomic E-state index is 1.24. The van der Waals surface area contributed by atoms with Crippen LogP contribution in [0, 0.1) is 12.8 Å². The molecule has 0 aliphatic carbocycles. The van der Waals surface area contributed by atoms with Gasteiger partial charge in [-0.15, -0.1) is 0 Å². The lowest BCUT2D eigenvalue weighted by Gasteiger charge is -1.99. The predicted molar refractivity (Wildman–Crippen MR) is 56.9 cm³/mol. The first-order valence-corrected chi connectivity index (χ1v) is 5.51. The Morgan fingerprint density at radius 2 is 1.42 bits per heavy atom. The van der Waals surface area contributed by atoms with E-state index in [0.29, 0.717) is 0 Å². The topological polar surface area (TPSA) is 0 Å². The average Bonchev–Trinajstić information content (AvgIpc) is 2.10. The summed E-state index contributed by atoms with van der Waals surface area (Å²) in [6.07, 6.45) is 15.6. The number of unbranched alkanes of at least 4 members (excludes halogenated alkanes) is 9. The fourth-order valence-electron chi connectivity index (χ4n) is 1.37. The van der Waals surface area contributed by atoms with Crippen molar-refractivity contribution in [1.29, 1.82) is 0 Å². The fourth-order valence-corrected chi connectivity index (χ4v) is 1.37. The van der Waals surface area contributed by atoms with Gasteiger partial charge in [0.05, 0.1) is 0 Å². The molecular formula is C12H24. The van der Waals surface area contributed by atoms with Crippen LogP contribution in [-0.2, 0) is 0 Å². The van der Waals surface area contributed by atoms with Crippen molar-refractivity contribution >= 4 is 0 Å². The molecular weight excluding hydrogens is 144 g/mol. The van der Waals surface area contributed by atoms with E-state index in [4.69, 9.17) is 0 Å². The first-order chi connectivity index (χ1) is 5.91. The second-order valence-electron chi connectivity index (χ2n) is 3.45. The first kappa shape index (κ1) is 12.0. The minimum absolute atomic E-state index is 1.24. The van der Waals surface area contributed by atoms with E-state index in [9.17, 15) is 0 Å². The SMILES string of the molecule is C[CH]CCCCCCC[CH]CC. The molecule has 0 aromatic heterocycles. The van der Waals surface area contributed by atoms with Crippen LogP contribution in [0.3, 0.4) is 0 Å². The highest BCUT2D eigenvalue weighted by atomic mass is 14.0. The third-order valence-corrected chi connectivity index (χ3v) is 2.19. The van der Waals surface area contributed by atoms with E-state index in [2.05, 4.69) is 26.7 Å². The molecule has 0 heterocycles. The molecule has 0 rings (SSSR count). The Hall–Kier alpha value is 0. The summed E-state index contributed by atoms with van der Waals surface area (Å²) >= 11 is 0. The van der Waals surface area contributed by atoms with Crippen molar-refractivity contribution < 1.29 is 0 Å². The van der Waals surface area contributed by atoms with E-state index >= 15 is 0 Å². The van der Waals surface area contributed by atoms with E-state index in [1.807, 2.05) is 0 Å². The largest absolute Gasteiger partial charge is 0.0651 e. The van der Waals surface area contributed by atoms with Crippen molar-refractivity contribution in [2.75, 3.05) is 0 Å². The van der Waals surface area contributed by atoms with Crippen molar-refractivity contribution in [2.24, 2.45) is 0 Å². The van der Waals surface area contributed by atoms with Gasteiger partial charge < -0.3 is 0 Å². The third-order valence-electron chi connectivity index (χ3n) is 2.19. The molecule has 0 heteroatoms. The third kappa shape index (κ3) is 10.0. The molecule has 0 N–H and O–H groups in total. The maximum absolute atomic E-state index is 2.39. The lowest BCUT2D eigenvalue weighted by Crippen LogP contribution is -1.80. The molecule has 0 aliphatic heterocycles. The molecule has 0 amide bonds. The van der Waals surface area contributed by atoms with Gasteiger partial charge in [-0.05, 0) is 12.8 Å². The predicted octanol–water partition coefficient (Wildman–Crippen LogP) is 4.56. The normalized spacial score (nSPS) is 10.5. The standard InChI is InChI=1S/C12H24/c1-3-5-7-9-11-12-10-8-6-4-2/h3,6H,4-5,7-12H2,1-2H3. The van der Waals surface area contributed by atoms with Gasteiger partial charge in [0.1, 0.15) is 0 Å². The van der Waals surface area contributed by atoms with Crippen LogP contribution in [0.15, 0.2) is 0 Å². The second-order valence-corrected chi connectivity index (χ2v) is 3.45. The van der Waals surface area contributed by atoms with E-state index in [1.54, 1.807) is 0 Å². The summed E-state index contributed by atoms with van der Waals surface area (Å²) in [7, 11) is 0. The molecule has 0 spiro atoms. The Bertz CT molecular complexity index is 56.4. The molecule has 0 atom stereocenters. The zero-order valence-corrected chi connectivity index (χ0v) is 8.81. The summed E-state index contributed by atoms with van der Waals surface area (Å²) in [5.41, 5.74) is 0. The van der Waals surface area contributed by atoms with Gasteiger partial charge in [-0.1, -0.05) is 65.2 Å². The fraction of sp³-hybridized carbons (Fsp3) is 0.833. The molecule has 0 bridgehead atoms. The first-order valence-electron chi connectivity index (χ1n) is 5.51. The van der Waals surface area contributed by atoms with Crippen molar-refractivity contribution in [3.8, 4) is 0 Å². The maximum Gasteiger partial charge on any atom is -0.0389 e. The highest BCUT2D eigenvalue weighted by Gasteiger charge is 1.90. The van der Waals surface area contributed by atoms with Crippen LogP contribution in [0.4, 0.5) is 0 Å². The summed E-state index contributed by atoms with van der Waals surface area (Å²) in [5.74, 6) is 0. The molecule has 0 aliphatic rings. The maximum atomic E-state index is 2.39. The zero-order chi connectivity index (χ0) is 9.07. The molecule has 0 unspecified atom stereocenters. The van der Waals surface area contributed by atoms with Gasteiger partial charge in [0.2, 0.25) is 0 Å². The Morgan fingerprint density at radius 1 is 0.833 bits per heavy atom. The molecule has 0 aromatic carbocycles. The van der Waals surface area contributed by atoms with Crippen LogP contribution in [0.25, 0.3) is 0 Å². The van der Waals surface area contributed by atoms with Crippen molar-refractivity contribution in [3.05, 3.63) is 12.8 Å². The van der Waals surface area contributed by atoms with Crippen molar-refractivity contribution in [2.45, 2.75) is 65.2 Å². The summed E-state index contributed by atoms with van der Waals surface area (Å²) in [4.78, 5) is 0. The Morgan fingerprint density at radius 3 is 2.00 bits per heavy atom. The monoisotopic (exact) mass is 168 g/mol. The van der Waals surface area contributed by atoms with E-state index in [1.165, 1.54) is 51.4 Å². The molecule has 72 valence electrons. The van der Waals surface area contributed by atoms with Crippen LogP contribution in [0.1, 0.15) is 65.2 Å². The molecule has 0 saturated carbocycles. The van der Waals surface area contributed by atoms with Gasteiger partial charge in [-0.3, -0.25) is 0 Å². The Labute approximate surface area is 78.8 Å². The average molecular weight is 168 g/mol. The summed E-state index contributed by atoms with van der Waals surface area (Å²) in [5, 5.41) is 0. The second kappa shape index (κ2) is 11.0. The zero-order valence-electron chi connectivity index (χ0n) is 8.81. The highest BCUT2D eigenvalue weighted by Crippen LogP contribution is 2.09. The molecule has 12 heavy (non-hydrogen) atoms. The van der Waals surface area contributed by atoms with E-state index < -0.39 is 0 Å². The van der Waals surface area contributed by atoms with Crippen molar-refractivity contribution in [1.82, 2.24) is 0 Å². The lowest BCUT2D eigenvalue weighted by atomic mass is 10.1. The number of hydrogen-bond donors (Lipinski definition) is 0. The van der Waals surface area contributed by atoms with Gasteiger partial charge in [0, 0.05) is 0 Å². The van der Waals surface area contributed by atoms with Crippen molar-refractivity contribution in [3.63, 3.8) is 0 Å².